The molecule has 0 aliphatic heterocycles. The van der Waals surface area contributed by atoms with Gasteiger partial charge >= 0.3 is 35.7 Å². The Labute approximate surface area is 129 Å². The molecule has 0 bridgehead atoms. The van der Waals surface area contributed by atoms with Crippen molar-refractivity contribution in [3.05, 3.63) is 42.1 Å². The quantitative estimate of drug-likeness (QED) is 0.623. The minimum absolute atomic E-state index is 0. The van der Waals surface area contributed by atoms with Gasteiger partial charge in [-0.25, -0.2) is 0 Å². The van der Waals surface area contributed by atoms with E-state index in [0.29, 0.717) is 5.56 Å². The van der Waals surface area contributed by atoms with Gasteiger partial charge in [-0.3, -0.25) is 4.98 Å². The molecule has 0 saturated heterocycles. The summed E-state index contributed by atoms with van der Waals surface area (Å²) in [6.07, 6.45) is -3.71. The Balaban J connectivity index is 0.00000180. The van der Waals surface area contributed by atoms with Gasteiger partial charge in [-0.1, -0.05) is 0 Å². The predicted molar refractivity (Wildman–Crippen MR) is 65.2 cm³/mol. The van der Waals surface area contributed by atoms with Crippen molar-refractivity contribution in [2.45, 2.75) is 6.18 Å². The van der Waals surface area contributed by atoms with E-state index in [0.717, 1.165) is 12.3 Å². The first-order valence-corrected chi connectivity index (χ1v) is 4.93. The van der Waals surface area contributed by atoms with E-state index >= 15 is 0 Å². The summed E-state index contributed by atoms with van der Waals surface area (Å²) in [4.78, 5) is 3.67. The molecule has 7 heteroatoms. The number of hydrogen-bond donors (Lipinski definition) is 2. The molecule has 1 aromatic carbocycles. The summed E-state index contributed by atoms with van der Waals surface area (Å²) in [5.74, 6) is -0.653. The first kappa shape index (κ1) is 15.8. The fourth-order valence-electron chi connectivity index (χ4n) is 1.42. The van der Waals surface area contributed by atoms with Gasteiger partial charge in [0.05, 0.1) is 11.3 Å². The van der Waals surface area contributed by atoms with Crippen molar-refractivity contribution in [1.29, 1.82) is 0 Å². The van der Waals surface area contributed by atoms with E-state index < -0.39 is 11.7 Å². The summed E-state index contributed by atoms with van der Waals surface area (Å²) < 4.78 is 37.0. The topological polar surface area (TPSA) is 53.4 Å². The number of alkyl halides is 3. The van der Waals surface area contributed by atoms with Crippen LogP contribution in [0.4, 0.5) is 13.2 Å². The van der Waals surface area contributed by atoms with Crippen LogP contribution < -0.4 is 0 Å². The summed E-state index contributed by atoms with van der Waals surface area (Å²) >= 11 is 0. The number of hydrogen-bond acceptors (Lipinski definition) is 3. The number of phenols is 2. The van der Waals surface area contributed by atoms with Crippen molar-refractivity contribution < 1.29 is 23.4 Å². The maximum atomic E-state index is 12.3. The number of aromatic nitrogens is 1. The molecule has 0 fully saturated rings. The molecular formula is C12H9F3NNaO2. The average Bonchev–Trinajstić information content (AvgIpc) is 2.32. The molecule has 2 aromatic rings. The van der Waals surface area contributed by atoms with Crippen LogP contribution in [0.1, 0.15) is 5.56 Å². The second-order valence-electron chi connectivity index (χ2n) is 3.63. The number of benzene rings is 1. The van der Waals surface area contributed by atoms with E-state index in [1.165, 1.54) is 24.3 Å². The van der Waals surface area contributed by atoms with Gasteiger partial charge in [-0.2, -0.15) is 13.2 Å². The standard InChI is InChI=1S/C12H8F3NO2.Na.H/c13-12(14,15)8-2-3-9(16-6-8)7-1-4-10(17)11(18)5-7;;/h1-6,17-18H;;. The molecule has 0 radical (unpaired) electrons. The zero-order valence-corrected chi connectivity index (χ0v) is 8.94. The Morgan fingerprint density at radius 2 is 1.63 bits per heavy atom. The Hall–Kier alpha value is -1.24. The summed E-state index contributed by atoms with van der Waals surface area (Å²) in [6, 6.07) is 6.03. The van der Waals surface area contributed by atoms with Crippen molar-refractivity contribution in [2.75, 3.05) is 0 Å². The molecule has 1 aromatic heterocycles. The fraction of sp³-hybridized carbons (Fsp3) is 0.0833. The van der Waals surface area contributed by atoms with Crippen molar-refractivity contribution in [2.24, 2.45) is 0 Å². The van der Waals surface area contributed by atoms with Crippen molar-refractivity contribution in [3.63, 3.8) is 0 Å². The molecule has 0 amide bonds. The molecule has 0 spiro atoms. The van der Waals surface area contributed by atoms with Crippen LogP contribution in [0.25, 0.3) is 11.3 Å². The molecule has 19 heavy (non-hydrogen) atoms. The van der Waals surface area contributed by atoms with Crippen LogP contribution in [-0.2, 0) is 6.18 Å². The van der Waals surface area contributed by atoms with E-state index in [4.69, 9.17) is 5.11 Å². The van der Waals surface area contributed by atoms with Crippen LogP contribution in [-0.4, -0.2) is 44.8 Å². The molecule has 0 atom stereocenters. The zero-order valence-electron chi connectivity index (χ0n) is 8.94. The van der Waals surface area contributed by atoms with E-state index in [1.807, 2.05) is 0 Å². The van der Waals surface area contributed by atoms with Gasteiger partial charge in [-0.05, 0) is 30.3 Å². The number of pyridine rings is 1. The van der Waals surface area contributed by atoms with Crippen LogP contribution in [0.3, 0.4) is 0 Å². The number of rotatable bonds is 1. The Morgan fingerprint density at radius 3 is 2.11 bits per heavy atom. The molecule has 0 saturated carbocycles. The third-order valence-corrected chi connectivity index (χ3v) is 2.36. The number of nitrogens with zero attached hydrogens (tertiary/aromatic N) is 1. The average molecular weight is 279 g/mol. The van der Waals surface area contributed by atoms with Crippen LogP contribution in [0.15, 0.2) is 36.5 Å². The Morgan fingerprint density at radius 1 is 0.947 bits per heavy atom. The van der Waals surface area contributed by atoms with Crippen LogP contribution in [0, 0.1) is 0 Å². The molecule has 0 aliphatic carbocycles. The van der Waals surface area contributed by atoms with Gasteiger partial charge in [0, 0.05) is 11.8 Å². The predicted octanol–water partition coefficient (Wildman–Crippen LogP) is 2.53. The van der Waals surface area contributed by atoms with Gasteiger partial charge < -0.3 is 10.2 Å². The van der Waals surface area contributed by atoms with Crippen molar-refractivity contribution in [3.8, 4) is 22.8 Å². The van der Waals surface area contributed by atoms with Gasteiger partial charge in [0.25, 0.3) is 0 Å². The van der Waals surface area contributed by atoms with Gasteiger partial charge in [-0.15, -0.1) is 0 Å². The first-order chi connectivity index (χ1) is 8.38. The second kappa shape index (κ2) is 5.81. The number of halogens is 3. The summed E-state index contributed by atoms with van der Waals surface area (Å²) in [5, 5.41) is 18.4. The minimum atomic E-state index is -4.43. The molecule has 0 aliphatic rings. The molecule has 96 valence electrons. The summed E-state index contributed by atoms with van der Waals surface area (Å²) in [5.41, 5.74) is -0.147. The van der Waals surface area contributed by atoms with E-state index in [9.17, 15) is 18.3 Å². The third kappa shape index (κ3) is 3.62. The monoisotopic (exact) mass is 279 g/mol. The molecular weight excluding hydrogens is 270 g/mol. The molecule has 2 N–H and O–H groups in total. The van der Waals surface area contributed by atoms with E-state index in [1.54, 1.807) is 0 Å². The van der Waals surface area contributed by atoms with Crippen molar-refractivity contribution in [1.82, 2.24) is 4.98 Å². The molecule has 2 rings (SSSR count). The normalized spacial score (nSPS) is 10.9. The van der Waals surface area contributed by atoms with Gasteiger partial charge in [0.2, 0.25) is 0 Å². The number of aromatic hydroxyl groups is 2. The third-order valence-electron chi connectivity index (χ3n) is 2.36. The van der Waals surface area contributed by atoms with Crippen molar-refractivity contribution >= 4 is 29.6 Å². The fourth-order valence-corrected chi connectivity index (χ4v) is 1.42. The van der Waals surface area contributed by atoms with Gasteiger partial charge in [0.1, 0.15) is 0 Å². The van der Waals surface area contributed by atoms with E-state index in [2.05, 4.69) is 4.98 Å². The SMILES string of the molecule is Oc1ccc(-c2ccc(C(F)(F)F)cn2)cc1O.[NaH]. The Bertz CT molecular complexity index is 570. The van der Waals surface area contributed by atoms with Gasteiger partial charge in [0.15, 0.2) is 11.5 Å². The zero-order chi connectivity index (χ0) is 13.3. The molecule has 1 heterocycles. The first-order valence-electron chi connectivity index (χ1n) is 4.93. The Kier molecular flexibility index (Phi) is 4.84. The molecule has 3 nitrogen and oxygen atoms in total. The second-order valence-corrected chi connectivity index (χ2v) is 3.63. The van der Waals surface area contributed by atoms with Crippen LogP contribution >= 0.6 is 0 Å². The summed E-state index contributed by atoms with van der Waals surface area (Å²) in [6.45, 7) is 0. The summed E-state index contributed by atoms with van der Waals surface area (Å²) in [7, 11) is 0. The van der Waals surface area contributed by atoms with Crippen LogP contribution in [0.2, 0.25) is 0 Å². The van der Waals surface area contributed by atoms with Crippen LogP contribution in [0.5, 0.6) is 11.5 Å². The maximum absolute atomic E-state index is 12.3. The molecule has 0 unspecified atom stereocenters. The number of phenolic OH excluding ortho intramolecular Hbond substituents is 2. The van der Waals surface area contributed by atoms with E-state index in [-0.39, 0.29) is 46.8 Å².